The van der Waals surface area contributed by atoms with Gasteiger partial charge in [-0.2, -0.15) is 13.2 Å². The predicted octanol–water partition coefficient (Wildman–Crippen LogP) is 2.30. The van der Waals surface area contributed by atoms with E-state index in [2.05, 4.69) is 4.98 Å². The Labute approximate surface area is 73.6 Å². The number of hydrogen-bond acceptors (Lipinski definition) is 2. The molecule has 0 aromatic carbocycles. The minimum atomic E-state index is -4.40. The molecule has 1 aromatic heterocycles. The fourth-order valence-electron chi connectivity index (χ4n) is 1.01. The van der Waals surface area contributed by atoms with Crippen LogP contribution in [-0.2, 0) is 6.18 Å². The molecule has 0 radical (unpaired) electrons. The molecule has 0 spiro atoms. The minimum absolute atomic E-state index is 0.0903. The number of aromatic nitrogens is 1. The van der Waals surface area contributed by atoms with Gasteiger partial charge in [0.05, 0.1) is 11.9 Å². The molecule has 1 aromatic rings. The van der Waals surface area contributed by atoms with Gasteiger partial charge < -0.3 is 5.73 Å². The molecule has 0 saturated heterocycles. The van der Waals surface area contributed by atoms with E-state index in [1.54, 1.807) is 6.92 Å². The smallest absolute Gasteiger partial charge is 0.397 e. The second-order valence-electron chi connectivity index (χ2n) is 2.81. The molecule has 0 fully saturated rings. The number of nitrogens with two attached hydrogens (primary N) is 1. The molecule has 0 saturated carbocycles. The summed E-state index contributed by atoms with van der Waals surface area (Å²) >= 11 is 0. The first kappa shape index (κ1) is 9.83. The van der Waals surface area contributed by atoms with E-state index in [9.17, 15) is 13.2 Å². The standard InChI is InChI=1S/C8H9F3N2/c1-4-5(2)7(8(9,10)11)13-3-6(4)12/h3H,12H2,1-2H3. The number of alkyl halides is 3. The summed E-state index contributed by atoms with van der Waals surface area (Å²) in [6.07, 6.45) is -3.37. The molecule has 0 atom stereocenters. The minimum Gasteiger partial charge on any atom is -0.397 e. The summed E-state index contributed by atoms with van der Waals surface area (Å²) in [5.74, 6) is 0. The average molecular weight is 190 g/mol. The summed E-state index contributed by atoms with van der Waals surface area (Å²) in [5, 5.41) is 0. The molecule has 0 unspecified atom stereocenters. The Morgan fingerprint density at radius 2 is 1.77 bits per heavy atom. The maximum atomic E-state index is 12.3. The third-order valence-corrected chi connectivity index (χ3v) is 1.95. The highest BCUT2D eigenvalue weighted by Gasteiger charge is 2.34. The van der Waals surface area contributed by atoms with Crippen molar-refractivity contribution in [1.29, 1.82) is 0 Å². The predicted molar refractivity (Wildman–Crippen MR) is 43.1 cm³/mol. The van der Waals surface area contributed by atoms with Gasteiger partial charge in [0, 0.05) is 0 Å². The summed E-state index contributed by atoms with van der Waals surface area (Å²) in [7, 11) is 0. The first-order valence-electron chi connectivity index (χ1n) is 3.63. The largest absolute Gasteiger partial charge is 0.433 e. The fraction of sp³-hybridized carbons (Fsp3) is 0.375. The van der Waals surface area contributed by atoms with Gasteiger partial charge in [0.2, 0.25) is 0 Å². The lowest BCUT2D eigenvalue weighted by Gasteiger charge is -2.11. The van der Waals surface area contributed by atoms with Crippen LogP contribution >= 0.6 is 0 Å². The average Bonchev–Trinajstić information content (AvgIpc) is 1.98. The summed E-state index contributed by atoms with van der Waals surface area (Å²) in [6.45, 7) is 2.91. The highest BCUT2D eigenvalue weighted by Crippen LogP contribution is 2.32. The Kier molecular flexibility index (Phi) is 2.19. The number of hydrogen-bond donors (Lipinski definition) is 1. The summed E-state index contributed by atoms with van der Waals surface area (Å²) in [4.78, 5) is 3.26. The third-order valence-electron chi connectivity index (χ3n) is 1.95. The van der Waals surface area contributed by atoms with Crippen LogP contribution in [0.25, 0.3) is 0 Å². The van der Waals surface area contributed by atoms with Crippen LogP contribution in [0.2, 0.25) is 0 Å². The van der Waals surface area contributed by atoms with Crippen molar-refractivity contribution >= 4 is 5.69 Å². The number of halogens is 3. The number of anilines is 1. The zero-order chi connectivity index (χ0) is 10.2. The van der Waals surface area contributed by atoms with E-state index in [1.165, 1.54) is 6.92 Å². The lowest BCUT2D eigenvalue weighted by molar-refractivity contribution is -0.141. The van der Waals surface area contributed by atoms with E-state index < -0.39 is 11.9 Å². The van der Waals surface area contributed by atoms with E-state index in [0.29, 0.717) is 5.56 Å². The van der Waals surface area contributed by atoms with Crippen molar-refractivity contribution in [2.75, 3.05) is 5.73 Å². The van der Waals surface area contributed by atoms with Crippen LogP contribution in [0.15, 0.2) is 6.20 Å². The molecule has 1 rings (SSSR count). The first-order valence-corrected chi connectivity index (χ1v) is 3.63. The molecule has 0 bridgehead atoms. The molecule has 0 aliphatic carbocycles. The molecule has 0 aliphatic rings. The number of nitrogens with zero attached hydrogens (tertiary/aromatic N) is 1. The Bertz CT molecular complexity index is 331. The van der Waals surface area contributed by atoms with Gasteiger partial charge in [-0.15, -0.1) is 0 Å². The maximum absolute atomic E-state index is 12.3. The number of pyridine rings is 1. The van der Waals surface area contributed by atoms with E-state index in [-0.39, 0.29) is 11.3 Å². The second-order valence-corrected chi connectivity index (χ2v) is 2.81. The Morgan fingerprint density at radius 3 is 2.23 bits per heavy atom. The van der Waals surface area contributed by atoms with Gasteiger partial charge in [0.1, 0.15) is 5.69 Å². The fourth-order valence-corrected chi connectivity index (χ4v) is 1.01. The zero-order valence-corrected chi connectivity index (χ0v) is 7.24. The van der Waals surface area contributed by atoms with Crippen LogP contribution in [0.4, 0.5) is 18.9 Å². The summed E-state index contributed by atoms with van der Waals surface area (Å²) in [5.41, 5.74) is 5.35. The maximum Gasteiger partial charge on any atom is 0.433 e. The molecule has 2 nitrogen and oxygen atoms in total. The van der Waals surface area contributed by atoms with Crippen LogP contribution in [0.3, 0.4) is 0 Å². The van der Waals surface area contributed by atoms with Gasteiger partial charge in [-0.1, -0.05) is 0 Å². The second kappa shape index (κ2) is 2.90. The van der Waals surface area contributed by atoms with Crippen molar-refractivity contribution < 1.29 is 13.2 Å². The van der Waals surface area contributed by atoms with Gasteiger partial charge in [-0.05, 0) is 25.0 Å². The molecule has 1 heterocycles. The van der Waals surface area contributed by atoms with Gasteiger partial charge >= 0.3 is 6.18 Å². The first-order chi connectivity index (χ1) is 5.84. The summed E-state index contributed by atoms with van der Waals surface area (Å²) in [6, 6.07) is 0. The van der Waals surface area contributed by atoms with Crippen molar-refractivity contribution in [3.63, 3.8) is 0 Å². The van der Waals surface area contributed by atoms with Crippen molar-refractivity contribution in [3.8, 4) is 0 Å². The molecular formula is C8H9F3N2. The Hall–Kier alpha value is -1.26. The quantitative estimate of drug-likeness (QED) is 0.681. The molecule has 5 heteroatoms. The molecular weight excluding hydrogens is 181 g/mol. The van der Waals surface area contributed by atoms with Crippen LogP contribution in [0, 0.1) is 13.8 Å². The Morgan fingerprint density at radius 1 is 1.23 bits per heavy atom. The van der Waals surface area contributed by atoms with Crippen molar-refractivity contribution in [2.45, 2.75) is 20.0 Å². The zero-order valence-electron chi connectivity index (χ0n) is 7.24. The van der Waals surface area contributed by atoms with Crippen LogP contribution in [-0.4, -0.2) is 4.98 Å². The lowest BCUT2D eigenvalue weighted by atomic mass is 10.1. The van der Waals surface area contributed by atoms with Gasteiger partial charge in [-0.25, -0.2) is 4.98 Å². The van der Waals surface area contributed by atoms with E-state index in [4.69, 9.17) is 5.73 Å². The number of nitrogen functional groups attached to an aromatic ring is 1. The SMILES string of the molecule is Cc1c(N)cnc(C(F)(F)F)c1C. The monoisotopic (exact) mass is 190 g/mol. The van der Waals surface area contributed by atoms with Crippen molar-refractivity contribution in [2.24, 2.45) is 0 Å². The highest BCUT2D eigenvalue weighted by molar-refractivity contribution is 5.49. The van der Waals surface area contributed by atoms with Crippen LogP contribution < -0.4 is 5.73 Å². The molecule has 72 valence electrons. The number of rotatable bonds is 0. The molecule has 2 N–H and O–H groups in total. The lowest BCUT2D eigenvalue weighted by Crippen LogP contribution is -2.12. The highest BCUT2D eigenvalue weighted by atomic mass is 19.4. The molecule has 13 heavy (non-hydrogen) atoms. The Balaban J connectivity index is 3.35. The molecule has 0 amide bonds. The third kappa shape index (κ3) is 1.74. The van der Waals surface area contributed by atoms with Gasteiger partial charge in [0.25, 0.3) is 0 Å². The molecule has 0 aliphatic heterocycles. The van der Waals surface area contributed by atoms with E-state index in [1.807, 2.05) is 0 Å². The van der Waals surface area contributed by atoms with Gasteiger partial charge in [0.15, 0.2) is 0 Å². The van der Waals surface area contributed by atoms with Crippen molar-refractivity contribution in [1.82, 2.24) is 4.98 Å². The van der Waals surface area contributed by atoms with E-state index >= 15 is 0 Å². The van der Waals surface area contributed by atoms with Gasteiger partial charge in [-0.3, -0.25) is 0 Å². The van der Waals surface area contributed by atoms with Crippen molar-refractivity contribution in [3.05, 3.63) is 23.0 Å². The van der Waals surface area contributed by atoms with E-state index in [0.717, 1.165) is 6.20 Å². The van der Waals surface area contributed by atoms with Crippen LogP contribution in [0.1, 0.15) is 16.8 Å². The summed E-state index contributed by atoms with van der Waals surface area (Å²) < 4.78 is 36.8. The normalized spacial score (nSPS) is 11.8. The van der Waals surface area contributed by atoms with Crippen LogP contribution in [0.5, 0.6) is 0 Å². The topological polar surface area (TPSA) is 38.9 Å².